The van der Waals surface area contributed by atoms with Gasteiger partial charge in [0, 0.05) is 12.6 Å². The van der Waals surface area contributed by atoms with Crippen molar-refractivity contribution in [2.75, 3.05) is 13.2 Å². The van der Waals surface area contributed by atoms with Crippen molar-refractivity contribution in [3.8, 4) is 17.3 Å². The van der Waals surface area contributed by atoms with Gasteiger partial charge in [0.15, 0.2) is 0 Å². The van der Waals surface area contributed by atoms with Crippen molar-refractivity contribution < 1.29 is 18.8 Å². The first-order valence-electron chi connectivity index (χ1n) is 7.89. The molecule has 0 saturated heterocycles. The zero-order valence-electron chi connectivity index (χ0n) is 13.5. The molecule has 0 radical (unpaired) electrons. The number of para-hydroxylation sites is 1. The molecule has 7 nitrogen and oxygen atoms in total. The van der Waals surface area contributed by atoms with Gasteiger partial charge in [0.05, 0.1) is 6.42 Å². The highest BCUT2D eigenvalue weighted by Gasteiger charge is 2.11. The quantitative estimate of drug-likeness (QED) is 0.460. The lowest BCUT2D eigenvalue weighted by Crippen LogP contribution is -2.12. The predicted octanol–water partition coefficient (Wildman–Crippen LogP) is 2.69. The third-order valence-electron chi connectivity index (χ3n) is 3.26. The molecular formula is C18H17N3O4. The molecule has 128 valence electrons. The minimum Gasteiger partial charge on any atom is -0.490 e. The van der Waals surface area contributed by atoms with E-state index in [0.717, 1.165) is 5.75 Å². The molecule has 0 aliphatic carbocycles. The van der Waals surface area contributed by atoms with Gasteiger partial charge in [0.25, 0.3) is 0 Å². The number of carbonyl (C=O) groups is 1. The Morgan fingerprint density at radius 3 is 2.68 bits per heavy atom. The topological polar surface area (TPSA) is 87.3 Å². The van der Waals surface area contributed by atoms with E-state index in [1.165, 1.54) is 0 Å². The van der Waals surface area contributed by atoms with Gasteiger partial charge in [-0.05, 0) is 24.3 Å². The molecule has 3 rings (SSSR count). The van der Waals surface area contributed by atoms with Crippen molar-refractivity contribution in [1.82, 2.24) is 15.1 Å². The predicted molar refractivity (Wildman–Crippen MR) is 88.7 cm³/mol. The SMILES string of the molecule is O=C(CCc1nc(-c2ccccn2)no1)OCCOc1ccccc1. The van der Waals surface area contributed by atoms with E-state index in [2.05, 4.69) is 15.1 Å². The number of hydrogen-bond acceptors (Lipinski definition) is 7. The molecule has 2 aromatic heterocycles. The fraction of sp³-hybridized carbons (Fsp3) is 0.222. The van der Waals surface area contributed by atoms with Gasteiger partial charge in [-0.2, -0.15) is 4.98 Å². The minimum atomic E-state index is -0.339. The third kappa shape index (κ3) is 5.13. The van der Waals surface area contributed by atoms with Crippen LogP contribution >= 0.6 is 0 Å². The van der Waals surface area contributed by atoms with Crippen LogP contribution in [0.4, 0.5) is 0 Å². The average molecular weight is 339 g/mol. The molecule has 0 N–H and O–H groups in total. The van der Waals surface area contributed by atoms with Gasteiger partial charge in [-0.1, -0.05) is 29.4 Å². The molecule has 2 heterocycles. The summed E-state index contributed by atoms with van der Waals surface area (Å²) in [5.74, 6) is 1.18. The fourth-order valence-corrected chi connectivity index (χ4v) is 2.07. The first-order chi connectivity index (χ1) is 12.3. The molecule has 0 spiro atoms. The summed E-state index contributed by atoms with van der Waals surface area (Å²) in [4.78, 5) is 20.1. The van der Waals surface area contributed by atoms with E-state index in [4.69, 9.17) is 14.0 Å². The van der Waals surface area contributed by atoms with Crippen molar-refractivity contribution in [3.05, 3.63) is 60.6 Å². The molecule has 25 heavy (non-hydrogen) atoms. The van der Waals surface area contributed by atoms with Crippen LogP contribution in [0.5, 0.6) is 5.75 Å². The smallest absolute Gasteiger partial charge is 0.306 e. The monoisotopic (exact) mass is 339 g/mol. The summed E-state index contributed by atoms with van der Waals surface area (Å²) in [6.07, 6.45) is 2.13. The van der Waals surface area contributed by atoms with Crippen molar-refractivity contribution in [2.24, 2.45) is 0 Å². The molecule has 0 saturated carbocycles. The van der Waals surface area contributed by atoms with Crippen LogP contribution in [-0.2, 0) is 16.0 Å². The van der Waals surface area contributed by atoms with Crippen molar-refractivity contribution >= 4 is 5.97 Å². The lowest BCUT2D eigenvalue weighted by Gasteiger charge is -2.06. The molecule has 3 aromatic rings. The zero-order chi connectivity index (χ0) is 17.3. The van der Waals surface area contributed by atoms with Crippen LogP contribution in [-0.4, -0.2) is 34.3 Å². The van der Waals surface area contributed by atoms with Crippen LogP contribution in [0.3, 0.4) is 0 Å². The molecular weight excluding hydrogens is 322 g/mol. The summed E-state index contributed by atoms with van der Waals surface area (Å²) in [5, 5.41) is 3.85. The highest BCUT2D eigenvalue weighted by Crippen LogP contribution is 2.13. The van der Waals surface area contributed by atoms with E-state index < -0.39 is 0 Å². The van der Waals surface area contributed by atoms with Gasteiger partial charge in [0.1, 0.15) is 24.7 Å². The van der Waals surface area contributed by atoms with Crippen LogP contribution in [0.2, 0.25) is 0 Å². The molecule has 0 amide bonds. The van der Waals surface area contributed by atoms with Crippen LogP contribution in [0.1, 0.15) is 12.3 Å². The summed E-state index contributed by atoms with van der Waals surface area (Å²) < 4.78 is 15.7. The average Bonchev–Trinajstić information content (AvgIpc) is 3.14. The van der Waals surface area contributed by atoms with E-state index in [1.54, 1.807) is 12.3 Å². The first-order valence-corrected chi connectivity index (χ1v) is 7.89. The molecule has 1 aromatic carbocycles. The lowest BCUT2D eigenvalue weighted by atomic mass is 10.3. The maximum atomic E-state index is 11.7. The number of aromatic nitrogens is 3. The summed E-state index contributed by atoms with van der Waals surface area (Å²) in [5.41, 5.74) is 0.623. The number of pyridine rings is 1. The van der Waals surface area contributed by atoms with Gasteiger partial charge in [-0.15, -0.1) is 0 Å². The molecule has 0 bridgehead atoms. The number of ether oxygens (including phenoxy) is 2. The molecule has 7 heteroatoms. The van der Waals surface area contributed by atoms with Crippen molar-refractivity contribution in [3.63, 3.8) is 0 Å². The zero-order valence-corrected chi connectivity index (χ0v) is 13.5. The second kappa shape index (κ2) is 8.58. The Kier molecular flexibility index (Phi) is 5.71. The number of nitrogens with zero attached hydrogens (tertiary/aromatic N) is 3. The summed E-state index contributed by atoms with van der Waals surface area (Å²) >= 11 is 0. The maximum absolute atomic E-state index is 11.7. The van der Waals surface area contributed by atoms with Crippen molar-refractivity contribution in [1.29, 1.82) is 0 Å². The van der Waals surface area contributed by atoms with Gasteiger partial charge < -0.3 is 14.0 Å². The lowest BCUT2D eigenvalue weighted by molar-refractivity contribution is -0.144. The van der Waals surface area contributed by atoms with Gasteiger partial charge in [-0.3, -0.25) is 9.78 Å². The number of rotatable bonds is 8. The van der Waals surface area contributed by atoms with E-state index in [-0.39, 0.29) is 19.0 Å². The van der Waals surface area contributed by atoms with Gasteiger partial charge >= 0.3 is 5.97 Å². The second-order valence-electron chi connectivity index (χ2n) is 5.11. The number of aryl methyl sites for hydroxylation is 1. The Labute approximate surface area is 144 Å². The Hall–Kier alpha value is -3.22. The number of esters is 1. The maximum Gasteiger partial charge on any atom is 0.306 e. The summed E-state index contributed by atoms with van der Waals surface area (Å²) in [7, 11) is 0. The first kappa shape index (κ1) is 16.6. The summed E-state index contributed by atoms with van der Waals surface area (Å²) in [6.45, 7) is 0.497. The molecule has 0 unspecified atom stereocenters. The molecule has 0 aliphatic heterocycles. The second-order valence-corrected chi connectivity index (χ2v) is 5.11. The van der Waals surface area contributed by atoms with E-state index in [9.17, 15) is 4.79 Å². The van der Waals surface area contributed by atoms with E-state index in [0.29, 0.717) is 30.4 Å². The van der Waals surface area contributed by atoms with Crippen molar-refractivity contribution in [2.45, 2.75) is 12.8 Å². The van der Waals surface area contributed by atoms with E-state index in [1.807, 2.05) is 42.5 Å². The fourth-order valence-electron chi connectivity index (χ4n) is 2.07. The Bertz CT molecular complexity index is 790. The molecule has 0 atom stereocenters. The Morgan fingerprint density at radius 1 is 1.04 bits per heavy atom. The largest absolute Gasteiger partial charge is 0.490 e. The number of benzene rings is 1. The Balaban J connectivity index is 1.37. The van der Waals surface area contributed by atoms with Gasteiger partial charge in [0.2, 0.25) is 11.7 Å². The molecule has 0 fully saturated rings. The van der Waals surface area contributed by atoms with Gasteiger partial charge in [-0.25, -0.2) is 0 Å². The van der Waals surface area contributed by atoms with Crippen LogP contribution in [0, 0.1) is 0 Å². The highest BCUT2D eigenvalue weighted by molar-refractivity contribution is 5.69. The normalized spacial score (nSPS) is 10.4. The Morgan fingerprint density at radius 2 is 1.88 bits per heavy atom. The van der Waals surface area contributed by atoms with Crippen LogP contribution in [0.15, 0.2) is 59.3 Å². The molecule has 0 aliphatic rings. The summed E-state index contributed by atoms with van der Waals surface area (Å²) in [6, 6.07) is 14.8. The standard InChI is InChI=1S/C18H17N3O4/c22-17(24-13-12-23-14-6-2-1-3-7-14)10-9-16-20-18(21-25-16)15-8-4-5-11-19-15/h1-8,11H,9-10,12-13H2. The number of hydrogen-bond donors (Lipinski definition) is 0. The third-order valence-corrected chi connectivity index (χ3v) is 3.26. The van der Waals surface area contributed by atoms with E-state index >= 15 is 0 Å². The van der Waals surface area contributed by atoms with Crippen LogP contribution in [0.25, 0.3) is 11.5 Å². The minimum absolute atomic E-state index is 0.162. The highest BCUT2D eigenvalue weighted by atomic mass is 16.6. The van der Waals surface area contributed by atoms with Crippen LogP contribution < -0.4 is 4.74 Å². The number of carbonyl (C=O) groups excluding carboxylic acids is 1.